The van der Waals surface area contributed by atoms with Crippen LogP contribution in [-0.4, -0.2) is 39.0 Å². The summed E-state index contributed by atoms with van der Waals surface area (Å²) in [7, 11) is 1.60. The van der Waals surface area contributed by atoms with Gasteiger partial charge in [-0.05, 0) is 73.2 Å². The van der Waals surface area contributed by atoms with Gasteiger partial charge in [0.1, 0.15) is 29.1 Å². The Kier molecular flexibility index (Phi) is 7.52. The Morgan fingerprint density at radius 1 is 1.05 bits per heavy atom. The van der Waals surface area contributed by atoms with Gasteiger partial charge in [0.15, 0.2) is 0 Å². The number of carbonyl (C=O) groups is 1. The Morgan fingerprint density at radius 2 is 1.86 bits per heavy atom. The van der Waals surface area contributed by atoms with E-state index in [1.54, 1.807) is 36.2 Å². The Morgan fingerprint density at radius 3 is 2.59 bits per heavy atom. The number of methoxy groups -OCH3 is 1. The Balaban J connectivity index is 0.00000320. The number of rotatable bonds is 8. The lowest BCUT2D eigenvalue weighted by molar-refractivity contribution is 0.0877. The first-order chi connectivity index (χ1) is 17.5. The van der Waals surface area contributed by atoms with Crippen LogP contribution >= 0.6 is 0 Å². The van der Waals surface area contributed by atoms with Crippen molar-refractivity contribution in [3.63, 3.8) is 0 Å². The molecule has 0 spiro atoms. The standard InChI is InChI=1S/C27H24FN5O3.CH4/c1-17(31-27(34)24-12-13-29-32-24)26(18-4-3-5-22(14-18)35-2)36-23-10-11-25-19(15-23)16-30-33(25)21-8-6-20(28)7-9-21;/h3-17,26H,1-2H3,(H,29,32)(H,31,34);1H4/t17-,26-;/m0./s1. The number of benzene rings is 3. The van der Waals surface area contributed by atoms with E-state index in [1.165, 1.54) is 18.3 Å². The van der Waals surface area contributed by atoms with Crippen molar-refractivity contribution in [1.29, 1.82) is 0 Å². The van der Waals surface area contributed by atoms with Crippen molar-refractivity contribution in [3.8, 4) is 17.2 Å². The number of aromatic amines is 1. The quantitative estimate of drug-likeness (QED) is 0.294. The lowest BCUT2D eigenvalue weighted by Gasteiger charge is -2.26. The second-order valence-corrected chi connectivity index (χ2v) is 8.30. The van der Waals surface area contributed by atoms with Crippen LogP contribution in [-0.2, 0) is 0 Å². The molecule has 0 fully saturated rings. The topological polar surface area (TPSA) is 94.1 Å². The first-order valence-electron chi connectivity index (χ1n) is 11.4. The van der Waals surface area contributed by atoms with Crippen molar-refractivity contribution in [3.05, 3.63) is 102 Å². The number of halogens is 1. The third kappa shape index (κ3) is 5.45. The Hall–Kier alpha value is -4.66. The van der Waals surface area contributed by atoms with E-state index in [2.05, 4.69) is 20.6 Å². The van der Waals surface area contributed by atoms with E-state index < -0.39 is 12.1 Å². The van der Waals surface area contributed by atoms with Crippen LogP contribution in [0.2, 0.25) is 0 Å². The molecule has 3 aromatic carbocycles. The minimum atomic E-state index is -0.517. The summed E-state index contributed by atoms with van der Waals surface area (Å²) in [5, 5.41) is 14.8. The molecule has 0 unspecified atom stereocenters. The van der Waals surface area contributed by atoms with Crippen molar-refractivity contribution in [1.82, 2.24) is 25.3 Å². The van der Waals surface area contributed by atoms with Crippen molar-refractivity contribution < 1.29 is 18.7 Å². The number of H-pyrrole nitrogens is 1. The van der Waals surface area contributed by atoms with Crippen molar-refractivity contribution in [2.24, 2.45) is 0 Å². The predicted molar refractivity (Wildman–Crippen MR) is 140 cm³/mol. The van der Waals surface area contributed by atoms with Crippen LogP contribution < -0.4 is 14.8 Å². The van der Waals surface area contributed by atoms with Crippen LogP contribution in [0.5, 0.6) is 11.5 Å². The summed E-state index contributed by atoms with van der Waals surface area (Å²) in [6.45, 7) is 1.88. The molecule has 190 valence electrons. The molecule has 37 heavy (non-hydrogen) atoms. The molecule has 0 saturated heterocycles. The fraction of sp³-hybridized carbons (Fsp3) is 0.179. The average Bonchev–Trinajstić information content (AvgIpc) is 3.58. The molecule has 0 bridgehead atoms. The molecule has 5 aromatic rings. The highest BCUT2D eigenvalue weighted by molar-refractivity contribution is 5.92. The lowest BCUT2D eigenvalue weighted by atomic mass is 10.0. The summed E-state index contributed by atoms with van der Waals surface area (Å²) in [6, 6.07) is 20.5. The van der Waals surface area contributed by atoms with Crippen LogP contribution in [0.25, 0.3) is 16.6 Å². The van der Waals surface area contributed by atoms with Gasteiger partial charge in [-0.2, -0.15) is 10.2 Å². The zero-order valence-corrected chi connectivity index (χ0v) is 19.7. The van der Waals surface area contributed by atoms with E-state index in [0.717, 1.165) is 22.2 Å². The fourth-order valence-corrected chi connectivity index (χ4v) is 4.04. The Labute approximate surface area is 214 Å². The molecule has 8 nitrogen and oxygen atoms in total. The molecule has 2 heterocycles. The number of hydrogen-bond donors (Lipinski definition) is 2. The molecule has 5 rings (SSSR count). The van der Waals surface area contributed by atoms with E-state index in [9.17, 15) is 9.18 Å². The molecule has 2 aromatic heterocycles. The number of ether oxygens (including phenoxy) is 2. The largest absolute Gasteiger partial charge is 0.497 e. The van der Waals surface area contributed by atoms with Crippen LogP contribution in [0.15, 0.2) is 85.2 Å². The maximum Gasteiger partial charge on any atom is 0.269 e. The first kappa shape index (κ1) is 25.4. The molecule has 9 heteroatoms. The van der Waals surface area contributed by atoms with Gasteiger partial charge in [-0.1, -0.05) is 19.6 Å². The normalized spacial score (nSPS) is 12.4. The number of carbonyl (C=O) groups excluding carboxylic acids is 1. The number of nitrogens with zero attached hydrogens (tertiary/aromatic N) is 3. The number of nitrogens with one attached hydrogen (secondary N) is 2. The lowest BCUT2D eigenvalue weighted by Crippen LogP contribution is -2.39. The summed E-state index contributed by atoms with van der Waals surface area (Å²) in [5.41, 5.74) is 2.81. The van der Waals surface area contributed by atoms with Crippen LogP contribution in [0, 0.1) is 5.82 Å². The summed E-state index contributed by atoms with van der Waals surface area (Å²) in [4.78, 5) is 12.7. The van der Waals surface area contributed by atoms with Crippen LogP contribution in [0.3, 0.4) is 0 Å². The summed E-state index contributed by atoms with van der Waals surface area (Å²) >= 11 is 0. The molecular formula is C28H28FN5O3. The van der Waals surface area contributed by atoms with Gasteiger partial charge in [-0.25, -0.2) is 9.07 Å². The zero-order chi connectivity index (χ0) is 25.1. The van der Waals surface area contributed by atoms with Crippen LogP contribution in [0.4, 0.5) is 4.39 Å². The van der Waals surface area contributed by atoms with E-state index >= 15 is 0 Å². The van der Waals surface area contributed by atoms with E-state index in [0.29, 0.717) is 17.2 Å². The summed E-state index contributed by atoms with van der Waals surface area (Å²) < 4.78 is 26.9. The van der Waals surface area contributed by atoms with Gasteiger partial charge in [0, 0.05) is 11.6 Å². The molecule has 2 atom stereocenters. The number of fused-ring (bicyclic) bond motifs is 1. The smallest absolute Gasteiger partial charge is 0.269 e. The molecule has 0 aliphatic rings. The van der Waals surface area contributed by atoms with E-state index in [4.69, 9.17) is 9.47 Å². The molecular weight excluding hydrogens is 473 g/mol. The van der Waals surface area contributed by atoms with Gasteiger partial charge in [-0.3, -0.25) is 9.89 Å². The number of aromatic nitrogens is 4. The Bertz CT molecular complexity index is 1480. The van der Waals surface area contributed by atoms with Crippen LogP contribution in [0.1, 0.15) is 36.5 Å². The van der Waals surface area contributed by atoms with Crippen molar-refractivity contribution in [2.75, 3.05) is 7.11 Å². The summed E-state index contributed by atoms with van der Waals surface area (Å²) in [5.74, 6) is 0.705. The van der Waals surface area contributed by atoms with E-state index in [1.807, 2.05) is 49.4 Å². The average molecular weight is 502 g/mol. The SMILES string of the molecule is C.COc1cccc([C@@H](Oc2ccc3c(cnn3-c3ccc(F)cc3)c2)[C@H](C)NC(=O)c2ccn[nH]2)c1. The third-order valence-corrected chi connectivity index (χ3v) is 5.85. The van der Waals surface area contributed by atoms with E-state index in [-0.39, 0.29) is 19.2 Å². The minimum absolute atomic E-state index is 0. The van der Waals surface area contributed by atoms with Gasteiger partial charge in [0.05, 0.1) is 30.6 Å². The third-order valence-electron chi connectivity index (χ3n) is 5.85. The van der Waals surface area contributed by atoms with Crippen molar-refractivity contribution >= 4 is 16.8 Å². The maximum absolute atomic E-state index is 13.3. The highest BCUT2D eigenvalue weighted by Gasteiger charge is 2.25. The second kappa shape index (κ2) is 10.9. The molecule has 0 aliphatic heterocycles. The van der Waals surface area contributed by atoms with Gasteiger partial charge < -0.3 is 14.8 Å². The molecule has 2 N–H and O–H groups in total. The number of amides is 1. The minimum Gasteiger partial charge on any atom is -0.497 e. The molecule has 0 aliphatic carbocycles. The van der Waals surface area contributed by atoms with Gasteiger partial charge in [-0.15, -0.1) is 0 Å². The monoisotopic (exact) mass is 501 g/mol. The maximum atomic E-state index is 13.3. The highest BCUT2D eigenvalue weighted by atomic mass is 19.1. The van der Waals surface area contributed by atoms with Gasteiger partial charge in [0.25, 0.3) is 5.91 Å². The molecule has 0 saturated carbocycles. The first-order valence-corrected chi connectivity index (χ1v) is 11.4. The van der Waals surface area contributed by atoms with Crippen molar-refractivity contribution in [2.45, 2.75) is 26.5 Å². The number of hydrogen-bond acceptors (Lipinski definition) is 5. The molecule has 0 radical (unpaired) electrons. The summed E-state index contributed by atoms with van der Waals surface area (Å²) in [6.07, 6.45) is 2.74. The van der Waals surface area contributed by atoms with Gasteiger partial charge in [0.2, 0.25) is 0 Å². The van der Waals surface area contributed by atoms with Gasteiger partial charge >= 0.3 is 0 Å². The zero-order valence-electron chi connectivity index (χ0n) is 19.7. The predicted octanol–water partition coefficient (Wildman–Crippen LogP) is 5.47. The molecule has 1 amide bonds. The highest BCUT2D eigenvalue weighted by Crippen LogP contribution is 2.30. The second-order valence-electron chi connectivity index (χ2n) is 8.30. The fourth-order valence-electron chi connectivity index (χ4n) is 4.04.